The van der Waals surface area contributed by atoms with Crippen molar-refractivity contribution in [3.8, 4) is 17.3 Å². The Kier molecular flexibility index (Phi) is 4.92. The molecular weight excluding hydrogens is 338 g/mol. The van der Waals surface area contributed by atoms with E-state index in [4.69, 9.17) is 4.74 Å². The van der Waals surface area contributed by atoms with Crippen LogP contribution in [0.2, 0.25) is 0 Å². The van der Waals surface area contributed by atoms with E-state index in [1.807, 2.05) is 72.3 Å². The van der Waals surface area contributed by atoms with Crippen LogP contribution < -0.4 is 10.1 Å². The fourth-order valence-corrected chi connectivity index (χ4v) is 3.04. The first-order valence-corrected chi connectivity index (χ1v) is 9.37. The van der Waals surface area contributed by atoms with E-state index in [2.05, 4.69) is 10.4 Å². The Hall–Kier alpha value is -3.08. The van der Waals surface area contributed by atoms with E-state index in [0.29, 0.717) is 24.8 Å². The second-order valence-corrected chi connectivity index (χ2v) is 6.87. The molecule has 0 atom stereocenters. The number of benzene rings is 2. The van der Waals surface area contributed by atoms with Crippen LogP contribution in [0.4, 0.5) is 0 Å². The van der Waals surface area contributed by atoms with Crippen LogP contribution in [0.1, 0.15) is 30.5 Å². The van der Waals surface area contributed by atoms with Gasteiger partial charge >= 0.3 is 0 Å². The molecule has 0 spiro atoms. The fourth-order valence-electron chi connectivity index (χ4n) is 3.04. The number of nitrogens with zero attached hydrogens (tertiary/aromatic N) is 2. The van der Waals surface area contributed by atoms with E-state index in [1.54, 1.807) is 0 Å². The van der Waals surface area contributed by atoms with Gasteiger partial charge in [-0.3, -0.25) is 4.79 Å². The van der Waals surface area contributed by atoms with Gasteiger partial charge in [-0.2, -0.15) is 5.10 Å². The molecule has 1 amide bonds. The quantitative estimate of drug-likeness (QED) is 0.687. The Labute approximate surface area is 159 Å². The zero-order chi connectivity index (χ0) is 18.6. The molecule has 3 aromatic rings. The van der Waals surface area contributed by atoms with Crippen LogP contribution in [0.15, 0.2) is 60.7 Å². The minimum Gasteiger partial charge on any atom is -0.439 e. The molecule has 4 rings (SSSR count). The van der Waals surface area contributed by atoms with Gasteiger partial charge in [-0.05, 0) is 50.5 Å². The monoisotopic (exact) mass is 361 g/mol. The zero-order valence-corrected chi connectivity index (χ0v) is 15.4. The first kappa shape index (κ1) is 17.3. The third-order valence-corrected chi connectivity index (χ3v) is 4.64. The molecule has 0 unspecified atom stereocenters. The average molecular weight is 361 g/mol. The van der Waals surface area contributed by atoms with Crippen LogP contribution in [0.5, 0.6) is 11.6 Å². The van der Waals surface area contributed by atoms with E-state index < -0.39 is 0 Å². The molecule has 27 heavy (non-hydrogen) atoms. The Balaban J connectivity index is 1.64. The molecule has 5 nitrogen and oxygen atoms in total. The molecule has 1 aliphatic rings. The van der Waals surface area contributed by atoms with Gasteiger partial charge in [-0.15, -0.1) is 0 Å². The maximum absolute atomic E-state index is 12.1. The SMILES string of the molecule is Cc1nn(-c2ccccc2)c(Oc2ccccc2)c1CCC(=O)NC1CC1. The molecule has 5 heteroatoms. The number of ether oxygens (including phenoxy) is 1. The second kappa shape index (κ2) is 7.66. The highest BCUT2D eigenvalue weighted by Gasteiger charge is 2.24. The minimum atomic E-state index is 0.0926. The predicted molar refractivity (Wildman–Crippen MR) is 104 cm³/mol. The summed E-state index contributed by atoms with van der Waals surface area (Å²) in [5, 5.41) is 7.73. The first-order chi connectivity index (χ1) is 13.2. The van der Waals surface area contributed by atoms with Crippen LogP contribution in [0.25, 0.3) is 5.69 Å². The smallest absolute Gasteiger partial charge is 0.226 e. The summed E-state index contributed by atoms with van der Waals surface area (Å²) in [5.74, 6) is 1.51. The lowest BCUT2D eigenvalue weighted by Gasteiger charge is -2.11. The standard InChI is InChI=1S/C22H23N3O2/c1-16-20(14-15-21(26)23-17-12-13-17)22(27-19-10-6-3-7-11-19)25(24-16)18-8-4-2-5-9-18/h2-11,17H,12-15H2,1H3,(H,23,26). The van der Waals surface area contributed by atoms with E-state index in [-0.39, 0.29) is 5.91 Å². The van der Waals surface area contributed by atoms with Crippen molar-refractivity contribution in [1.82, 2.24) is 15.1 Å². The number of carbonyl (C=O) groups is 1. The number of rotatable bonds is 7. The molecule has 0 bridgehead atoms. The molecule has 2 aromatic carbocycles. The van der Waals surface area contributed by atoms with Gasteiger partial charge in [0.05, 0.1) is 11.4 Å². The molecule has 1 aromatic heterocycles. The van der Waals surface area contributed by atoms with Gasteiger partial charge in [0.2, 0.25) is 11.8 Å². The number of amides is 1. The lowest BCUT2D eigenvalue weighted by atomic mass is 10.1. The number of aromatic nitrogens is 2. The van der Waals surface area contributed by atoms with Gasteiger partial charge in [0.15, 0.2) is 0 Å². The molecule has 1 N–H and O–H groups in total. The Morgan fingerprint density at radius 1 is 1.11 bits per heavy atom. The van der Waals surface area contributed by atoms with Gasteiger partial charge in [0.1, 0.15) is 5.75 Å². The van der Waals surface area contributed by atoms with Gasteiger partial charge in [-0.25, -0.2) is 4.68 Å². The van der Waals surface area contributed by atoms with Gasteiger partial charge in [-0.1, -0.05) is 36.4 Å². The highest BCUT2D eigenvalue weighted by atomic mass is 16.5. The van der Waals surface area contributed by atoms with Gasteiger partial charge in [0.25, 0.3) is 0 Å². The van der Waals surface area contributed by atoms with Crippen molar-refractivity contribution in [2.24, 2.45) is 0 Å². The van der Waals surface area contributed by atoms with Crippen LogP contribution >= 0.6 is 0 Å². The third kappa shape index (κ3) is 4.19. The largest absolute Gasteiger partial charge is 0.439 e. The van der Waals surface area contributed by atoms with Gasteiger partial charge in [0, 0.05) is 18.0 Å². The van der Waals surface area contributed by atoms with Crippen molar-refractivity contribution in [2.75, 3.05) is 0 Å². The minimum absolute atomic E-state index is 0.0926. The Bertz CT molecular complexity index is 915. The summed E-state index contributed by atoms with van der Waals surface area (Å²) in [6.45, 7) is 1.96. The van der Waals surface area contributed by atoms with Crippen molar-refractivity contribution in [3.05, 3.63) is 71.9 Å². The Morgan fingerprint density at radius 3 is 2.44 bits per heavy atom. The van der Waals surface area contributed by atoms with E-state index in [0.717, 1.165) is 35.5 Å². The highest BCUT2D eigenvalue weighted by molar-refractivity contribution is 5.77. The van der Waals surface area contributed by atoms with Crippen LogP contribution in [-0.4, -0.2) is 21.7 Å². The summed E-state index contributed by atoms with van der Waals surface area (Å²) < 4.78 is 8.03. The number of aryl methyl sites for hydroxylation is 1. The third-order valence-electron chi connectivity index (χ3n) is 4.64. The molecule has 1 fully saturated rings. The lowest BCUT2D eigenvalue weighted by Crippen LogP contribution is -2.25. The molecule has 0 aliphatic heterocycles. The molecule has 138 valence electrons. The number of para-hydroxylation sites is 2. The van der Waals surface area contributed by atoms with E-state index >= 15 is 0 Å². The summed E-state index contributed by atoms with van der Waals surface area (Å²) in [7, 11) is 0. The normalized spacial score (nSPS) is 13.4. The number of nitrogens with one attached hydrogen (secondary N) is 1. The van der Waals surface area contributed by atoms with E-state index in [1.165, 1.54) is 0 Å². The molecule has 0 radical (unpaired) electrons. The number of hydrogen-bond acceptors (Lipinski definition) is 3. The van der Waals surface area contributed by atoms with E-state index in [9.17, 15) is 4.79 Å². The summed E-state index contributed by atoms with van der Waals surface area (Å²) in [6, 6.07) is 20.0. The Morgan fingerprint density at radius 2 is 1.78 bits per heavy atom. The van der Waals surface area contributed by atoms with Crippen LogP contribution in [-0.2, 0) is 11.2 Å². The highest BCUT2D eigenvalue weighted by Crippen LogP contribution is 2.31. The predicted octanol–water partition coefficient (Wildman–Crippen LogP) is 4.18. The molecule has 0 saturated heterocycles. The summed E-state index contributed by atoms with van der Waals surface area (Å²) in [6.07, 6.45) is 3.22. The first-order valence-electron chi connectivity index (χ1n) is 9.37. The van der Waals surface area contributed by atoms with Crippen molar-refractivity contribution in [3.63, 3.8) is 0 Å². The number of carbonyl (C=O) groups excluding carboxylic acids is 1. The van der Waals surface area contributed by atoms with Gasteiger partial charge < -0.3 is 10.1 Å². The van der Waals surface area contributed by atoms with Crippen molar-refractivity contribution in [1.29, 1.82) is 0 Å². The molecule has 1 aliphatic carbocycles. The van der Waals surface area contributed by atoms with Crippen molar-refractivity contribution < 1.29 is 9.53 Å². The zero-order valence-electron chi connectivity index (χ0n) is 15.4. The van der Waals surface area contributed by atoms with Crippen molar-refractivity contribution in [2.45, 2.75) is 38.6 Å². The van der Waals surface area contributed by atoms with Crippen molar-refractivity contribution >= 4 is 5.91 Å². The lowest BCUT2D eigenvalue weighted by molar-refractivity contribution is -0.121. The molecule has 1 saturated carbocycles. The molecule has 1 heterocycles. The molecular formula is C22H23N3O2. The summed E-state index contributed by atoms with van der Waals surface area (Å²) in [5.41, 5.74) is 2.78. The second-order valence-electron chi connectivity index (χ2n) is 6.87. The van der Waals surface area contributed by atoms with Crippen LogP contribution in [0, 0.1) is 6.92 Å². The fraction of sp³-hybridized carbons (Fsp3) is 0.273. The average Bonchev–Trinajstić information content (AvgIpc) is 3.45. The van der Waals surface area contributed by atoms with Crippen LogP contribution in [0.3, 0.4) is 0 Å². The maximum Gasteiger partial charge on any atom is 0.226 e. The number of hydrogen-bond donors (Lipinski definition) is 1. The topological polar surface area (TPSA) is 56.2 Å². The summed E-state index contributed by atoms with van der Waals surface area (Å²) >= 11 is 0. The maximum atomic E-state index is 12.1. The summed E-state index contributed by atoms with van der Waals surface area (Å²) in [4.78, 5) is 12.1.